The maximum atomic E-state index is 10.3. The first-order valence-electron chi connectivity index (χ1n) is 13.8. The third kappa shape index (κ3) is 4.03. The van der Waals surface area contributed by atoms with Gasteiger partial charge in [0.15, 0.2) is 0 Å². The van der Waals surface area contributed by atoms with Gasteiger partial charge in [-0.05, 0) is 104 Å². The Morgan fingerprint density at radius 2 is 1.78 bits per heavy atom. The molecule has 4 aliphatic carbocycles. The van der Waals surface area contributed by atoms with E-state index in [1.54, 1.807) is 0 Å². The van der Waals surface area contributed by atoms with E-state index in [2.05, 4.69) is 47.6 Å². The van der Waals surface area contributed by atoms with E-state index >= 15 is 0 Å². The highest BCUT2D eigenvalue weighted by atomic mass is 17.1. The van der Waals surface area contributed by atoms with Crippen LogP contribution in [0.1, 0.15) is 106 Å². The molecule has 0 saturated heterocycles. The zero-order valence-corrected chi connectivity index (χ0v) is 21.6. The number of aliphatic hydroxyl groups is 1. The molecular formula is C29H50O3. The van der Waals surface area contributed by atoms with Crippen molar-refractivity contribution in [3.05, 3.63) is 11.6 Å². The summed E-state index contributed by atoms with van der Waals surface area (Å²) >= 11 is 0. The van der Waals surface area contributed by atoms with Crippen molar-refractivity contribution < 1.29 is 15.3 Å². The molecule has 0 aromatic heterocycles. The van der Waals surface area contributed by atoms with Gasteiger partial charge in [-0.15, -0.1) is 0 Å². The van der Waals surface area contributed by atoms with Crippen LogP contribution in [0.4, 0.5) is 0 Å². The Morgan fingerprint density at radius 3 is 2.44 bits per heavy atom. The number of aliphatic hydroxyl groups excluding tert-OH is 1. The van der Waals surface area contributed by atoms with Crippen molar-refractivity contribution in [2.75, 3.05) is 0 Å². The number of fused-ring (bicyclic) bond motifs is 5. The summed E-state index contributed by atoms with van der Waals surface area (Å²) in [6, 6.07) is 0. The Kier molecular flexibility index (Phi) is 7.22. The average molecular weight is 447 g/mol. The van der Waals surface area contributed by atoms with Crippen LogP contribution in [-0.2, 0) is 4.89 Å². The van der Waals surface area contributed by atoms with Crippen molar-refractivity contribution in [1.29, 1.82) is 0 Å². The van der Waals surface area contributed by atoms with Gasteiger partial charge in [0.1, 0.15) is 6.10 Å². The first-order valence-corrected chi connectivity index (χ1v) is 13.8. The zero-order chi connectivity index (χ0) is 23.3. The molecule has 10 atom stereocenters. The Balaban J connectivity index is 1.54. The van der Waals surface area contributed by atoms with Crippen LogP contribution in [0, 0.1) is 52.3 Å². The quantitative estimate of drug-likeness (QED) is 0.242. The van der Waals surface area contributed by atoms with Crippen molar-refractivity contribution in [2.24, 2.45) is 52.3 Å². The van der Waals surface area contributed by atoms with Gasteiger partial charge in [0.2, 0.25) is 0 Å². The van der Waals surface area contributed by atoms with Gasteiger partial charge in [0, 0.05) is 0 Å². The summed E-state index contributed by atoms with van der Waals surface area (Å²) in [6.07, 6.45) is 13.8. The molecule has 3 saturated carbocycles. The van der Waals surface area contributed by atoms with E-state index in [0.717, 1.165) is 42.9 Å². The number of hydrogen-bond acceptors (Lipinski definition) is 3. The molecule has 4 aliphatic rings. The molecule has 0 aromatic carbocycles. The van der Waals surface area contributed by atoms with Crippen LogP contribution in [0.3, 0.4) is 0 Å². The van der Waals surface area contributed by atoms with Gasteiger partial charge in [-0.2, -0.15) is 0 Å². The summed E-state index contributed by atoms with van der Waals surface area (Å²) in [4.78, 5) is 5.20. The first kappa shape index (κ1) is 24.7. The molecule has 0 heterocycles. The molecule has 3 fully saturated rings. The van der Waals surface area contributed by atoms with Crippen molar-refractivity contribution in [3.63, 3.8) is 0 Å². The fourth-order valence-electron chi connectivity index (χ4n) is 9.37. The lowest BCUT2D eigenvalue weighted by atomic mass is 9.46. The molecule has 3 nitrogen and oxygen atoms in total. The van der Waals surface area contributed by atoms with E-state index in [4.69, 9.17) is 4.89 Å². The highest BCUT2D eigenvalue weighted by molar-refractivity contribution is 5.28. The molecule has 0 amide bonds. The van der Waals surface area contributed by atoms with Crippen LogP contribution in [-0.4, -0.2) is 22.6 Å². The Morgan fingerprint density at radius 1 is 1.03 bits per heavy atom. The topological polar surface area (TPSA) is 49.7 Å². The Bertz CT molecular complexity index is 686. The molecular weight excluding hydrogens is 396 g/mol. The van der Waals surface area contributed by atoms with Crippen LogP contribution in [0.25, 0.3) is 0 Å². The van der Waals surface area contributed by atoms with Crippen LogP contribution < -0.4 is 0 Å². The van der Waals surface area contributed by atoms with Crippen LogP contribution >= 0.6 is 0 Å². The summed E-state index contributed by atoms with van der Waals surface area (Å²) in [5, 5.41) is 20.3. The van der Waals surface area contributed by atoms with E-state index in [9.17, 15) is 10.4 Å². The second-order valence-corrected chi connectivity index (χ2v) is 13.1. The lowest BCUT2D eigenvalue weighted by Crippen LogP contribution is -2.55. The van der Waals surface area contributed by atoms with E-state index in [1.165, 1.54) is 50.5 Å². The molecule has 0 aliphatic heterocycles. The van der Waals surface area contributed by atoms with E-state index < -0.39 is 0 Å². The highest BCUT2D eigenvalue weighted by Crippen LogP contribution is 2.67. The monoisotopic (exact) mass is 446 g/mol. The van der Waals surface area contributed by atoms with Crippen LogP contribution in [0.2, 0.25) is 0 Å². The van der Waals surface area contributed by atoms with Crippen molar-refractivity contribution in [1.82, 2.24) is 0 Å². The fraction of sp³-hybridized carbons (Fsp3) is 0.931. The molecule has 184 valence electrons. The Labute approximate surface area is 197 Å². The predicted molar refractivity (Wildman–Crippen MR) is 131 cm³/mol. The van der Waals surface area contributed by atoms with Gasteiger partial charge < -0.3 is 5.11 Å². The molecule has 0 radical (unpaired) electrons. The van der Waals surface area contributed by atoms with Gasteiger partial charge in [-0.3, -0.25) is 5.26 Å². The predicted octanol–water partition coefficient (Wildman–Crippen LogP) is 7.49. The average Bonchev–Trinajstić information content (AvgIpc) is 3.11. The first-order chi connectivity index (χ1) is 15.2. The molecule has 0 aromatic rings. The second kappa shape index (κ2) is 9.34. The van der Waals surface area contributed by atoms with E-state index in [-0.39, 0.29) is 17.6 Å². The van der Waals surface area contributed by atoms with Crippen LogP contribution in [0.5, 0.6) is 0 Å². The molecule has 2 N–H and O–H groups in total. The minimum absolute atomic E-state index is 0.176. The number of rotatable bonds is 7. The van der Waals surface area contributed by atoms with Gasteiger partial charge in [-0.25, -0.2) is 4.89 Å². The molecule has 0 bridgehead atoms. The fourth-order valence-corrected chi connectivity index (χ4v) is 9.37. The van der Waals surface area contributed by atoms with Crippen molar-refractivity contribution in [3.8, 4) is 0 Å². The van der Waals surface area contributed by atoms with E-state index in [0.29, 0.717) is 23.2 Å². The summed E-state index contributed by atoms with van der Waals surface area (Å²) in [5.74, 6) is 4.84. The summed E-state index contributed by atoms with van der Waals surface area (Å²) in [5.41, 5.74) is 1.89. The van der Waals surface area contributed by atoms with Gasteiger partial charge in [0.05, 0.1) is 6.10 Å². The summed E-state index contributed by atoms with van der Waals surface area (Å²) < 4.78 is 0. The molecule has 3 heteroatoms. The van der Waals surface area contributed by atoms with Crippen LogP contribution in [0.15, 0.2) is 11.6 Å². The number of hydrogen-bond donors (Lipinski definition) is 2. The van der Waals surface area contributed by atoms with E-state index in [1.807, 2.05) is 0 Å². The van der Waals surface area contributed by atoms with Gasteiger partial charge in [0.25, 0.3) is 0 Å². The lowest BCUT2D eigenvalue weighted by Gasteiger charge is -2.59. The molecule has 0 unspecified atom stereocenters. The minimum atomic E-state index is -0.228. The molecule has 0 spiro atoms. The zero-order valence-electron chi connectivity index (χ0n) is 21.6. The standard InChI is InChI=1S/C29H50O3/c1-7-20(18(2)3)9-8-19(4)23-10-11-24-27-25(13-15-29(23,24)6)28(5)14-12-22(30)16-21(28)17-26(27)32-31/h17-20,22-27,30-31H,7-16H2,1-6H3/t19-,20-,22+,23-,24+,25+,26-,27+,28+,29-/m1/s1. The lowest BCUT2D eigenvalue weighted by molar-refractivity contribution is -0.296. The Hall–Kier alpha value is -0.380. The third-order valence-corrected chi connectivity index (χ3v) is 11.4. The summed E-state index contributed by atoms with van der Waals surface area (Å²) in [7, 11) is 0. The maximum Gasteiger partial charge on any atom is 0.114 e. The summed E-state index contributed by atoms with van der Waals surface area (Å²) in [6.45, 7) is 14.7. The minimum Gasteiger partial charge on any atom is -0.393 e. The van der Waals surface area contributed by atoms with Crippen molar-refractivity contribution >= 4 is 0 Å². The van der Waals surface area contributed by atoms with Gasteiger partial charge in [-0.1, -0.05) is 66.0 Å². The molecule has 32 heavy (non-hydrogen) atoms. The normalized spacial score (nSPS) is 45.6. The van der Waals surface area contributed by atoms with Crippen molar-refractivity contribution in [2.45, 2.75) is 118 Å². The SMILES string of the molecule is CC[C@H](CC[C@@H](C)[C@H]1CC[C@H]2[C@@H]3[C@H](OO)C=C4C[C@@H](O)CC[C@]4(C)[C@H]3CC[C@]12C)C(C)C. The van der Waals surface area contributed by atoms with Gasteiger partial charge >= 0.3 is 0 Å². The maximum absolute atomic E-state index is 10.3. The smallest absolute Gasteiger partial charge is 0.114 e. The molecule has 4 rings (SSSR count). The second-order valence-electron chi connectivity index (χ2n) is 13.1. The highest BCUT2D eigenvalue weighted by Gasteiger charge is 2.61. The third-order valence-electron chi connectivity index (χ3n) is 11.4. The largest absolute Gasteiger partial charge is 0.393 e.